The molecule has 3 aliphatic rings. The maximum Gasteiger partial charge on any atom is 0.410 e. The van der Waals surface area contributed by atoms with E-state index in [9.17, 15) is 19.2 Å². The summed E-state index contributed by atoms with van der Waals surface area (Å²) in [5.41, 5.74) is 0.885. The van der Waals surface area contributed by atoms with Crippen LogP contribution in [0.5, 0.6) is 0 Å². The third-order valence-electron chi connectivity index (χ3n) is 7.59. The van der Waals surface area contributed by atoms with Gasteiger partial charge in [0.15, 0.2) is 0 Å². The zero-order chi connectivity index (χ0) is 23.9. The van der Waals surface area contributed by atoms with E-state index in [-0.39, 0.29) is 36.7 Å². The van der Waals surface area contributed by atoms with Gasteiger partial charge in [-0.1, -0.05) is 62.4 Å². The van der Waals surface area contributed by atoms with Crippen LogP contribution in [0.15, 0.2) is 30.3 Å². The van der Waals surface area contributed by atoms with E-state index >= 15 is 0 Å². The lowest BCUT2D eigenvalue weighted by atomic mass is 9.79. The van der Waals surface area contributed by atoms with Crippen LogP contribution in [0.3, 0.4) is 0 Å². The number of carbonyl (C=O) groups excluding carboxylic acids is 4. The molecule has 1 saturated carbocycles. The van der Waals surface area contributed by atoms with Gasteiger partial charge in [0.05, 0.1) is 6.04 Å². The zero-order valence-electron chi connectivity index (χ0n) is 19.6. The van der Waals surface area contributed by atoms with E-state index in [4.69, 9.17) is 4.74 Å². The Morgan fingerprint density at radius 2 is 1.88 bits per heavy atom. The predicted octanol–water partition coefficient (Wildman–Crippen LogP) is 2.80. The molecule has 2 N–H and O–H groups in total. The Labute approximate surface area is 200 Å². The van der Waals surface area contributed by atoms with Crippen molar-refractivity contribution in [3.63, 3.8) is 0 Å². The lowest BCUT2D eigenvalue weighted by Gasteiger charge is -2.27. The summed E-state index contributed by atoms with van der Waals surface area (Å²) in [5.74, 6) is 0.0487. The van der Waals surface area contributed by atoms with Gasteiger partial charge in [0.1, 0.15) is 18.9 Å². The average Bonchev–Trinajstić information content (AvgIpc) is 3.50. The maximum atomic E-state index is 13.3. The van der Waals surface area contributed by atoms with Crippen LogP contribution in [0.2, 0.25) is 0 Å². The number of amides is 3. The van der Waals surface area contributed by atoms with Gasteiger partial charge in [-0.05, 0) is 36.7 Å². The first kappa shape index (κ1) is 24.2. The van der Waals surface area contributed by atoms with E-state index in [0.717, 1.165) is 18.4 Å². The molecule has 8 nitrogen and oxygen atoms in total. The molecule has 0 aromatic heterocycles. The minimum Gasteiger partial charge on any atom is -0.445 e. The van der Waals surface area contributed by atoms with Gasteiger partial charge in [0.25, 0.3) is 0 Å². The number of hydrogen-bond donors (Lipinski definition) is 2. The molecule has 0 spiro atoms. The molecule has 34 heavy (non-hydrogen) atoms. The second-order valence-electron chi connectivity index (χ2n) is 9.87. The van der Waals surface area contributed by atoms with Gasteiger partial charge in [-0.2, -0.15) is 0 Å². The molecule has 1 aromatic rings. The molecular formula is C26H35N3O5. The molecule has 1 aliphatic carbocycles. The van der Waals surface area contributed by atoms with E-state index in [1.165, 1.54) is 19.3 Å². The highest BCUT2D eigenvalue weighted by Gasteiger charge is 2.44. The van der Waals surface area contributed by atoms with Crippen molar-refractivity contribution in [1.82, 2.24) is 15.5 Å². The predicted molar refractivity (Wildman–Crippen MR) is 126 cm³/mol. The van der Waals surface area contributed by atoms with Crippen molar-refractivity contribution in [1.29, 1.82) is 0 Å². The van der Waals surface area contributed by atoms with Crippen molar-refractivity contribution < 1.29 is 23.9 Å². The number of rotatable bonds is 8. The van der Waals surface area contributed by atoms with Crippen LogP contribution in [0.1, 0.15) is 56.9 Å². The molecule has 2 heterocycles. The number of hydrogen-bond acceptors (Lipinski definition) is 5. The highest BCUT2D eigenvalue weighted by Crippen LogP contribution is 2.38. The second-order valence-corrected chi connectivity index (χ2v) is 9.87. The van der Waals surface area contributed by atoms with Crippen molar-refractivity contribution in [2.45, 2.75) is 70.1 Å². The molecule has 0 radical (unpaired) electrons. The third kappa shape index (κ3) is 5.96. The smallest absolute Gasteiger partial charge is 0.410 e. The van der Waals surface area contributed by atoms with E-state index in [1.54, 1.807) is 4.90 Å². The topological polar surface area (TPSA) is 105 Å². The Kier molecular flexibility index (Phi) is 8.19. The van der Waals surface area contributed by atoms with Crippen molar-refractivity contribution in [2.24, 2.45) is 17.8 Å². The van der Waals surface area contributed by atoms with Crippen LogP contribution in [-0.4, -0.2) is 54.3 Å². The number of likely N-dealkylation sites (tertiary alicyclic amines) is 1. The summed E-state index contributed by atoms with van der Waals surface area (Å²) < 4.78 is 5.57. The first-order valence-corrected chi connectivity index (χ1v) is 12.6. The molecule has 184 valence electrons. The minimum atomic E-state index is -0.753. The summed E-state index contributed by atoms with van der Waals surface area (Å²) in [6.07, 6.45) is 7.56. The van der Waals surface area contributed by atoms with Gasteiger partial charge >= 0.3 is 6.09 Å². The van der Waals surface area contributed by atoms with Crippen molar-refractivity contribution in [3.05, 3.63) is 35.9 Å². The Morgan fingerprint density at radius 3 is 2.56 bits per heavy atom. The van der Waals surface area contributed by atoms with Crippen LogP contribution in [0.4, 0.5) is 4.79 Å². The SMILES string of the molecule is O=C[C@H](C[C@@H]1CCNC1=O)NC(=O)[C@@H]1C[C@@H](C2CCCCC2)CN1C(=O)OCc1ccccc1. The van der Waals surface area contributed by atoms with Gasteiger partial charge in [-0.15, -0.1) is 0 Å². The molecule has 0 bridgehead atoms. The van der Waals surface area contributed by atoms with Crippen LogP contribution in [0.25, 0.3) is 0 Å². The Hall–Kier alpha value is -2.90. The standard InChI is InChI=1S/C26H35N3O5/c30-16-22(13-20-11-12-27-24(20)31)28-25(32)23-14-21(19-9-5-2-6-10-19)15-29(23)26(33)34-17-18-7-3-1-4-8-18/h1,3-4,7-8,16,19-23H,2,5-6,9-15,17H2,(H,27,31)(H,28,32)/t20-,21+,22-,23-/m0/s1. The van der Waals surface area contributed by atoms with Crippen LogP contribution < -0.4 is 10.6 Å². The molecule has 2 saturated heterocycles. The lowest BCUT2D eigenvalue weighted by Crippen LogP contribution is -2.50. The quantitative estimate of drug-likeness (QED) is 0.570. The Morgan fingerprint density at radius 1 is 1.12 bits per heavy atom. The summed E-state index contributed by atoms with van der Waals surface area (Å²) in [6.45, 7) is 1.23. The molecule has 1 aromatic carbocycles. The van der Waals surface area contributed by atoms with Gasteiger partial charge in [-0.25, -0.2) is 4.79 Å². The molecule has 2 aliphatic heterocycles. The monoisotopic (exact) mass is 469 g/mol. The molecule has 0 unspecified atom stereocenters. The summed E-state index contributed by atoms with van der Waals surface area (Å²) in [7, 11) is 0. The fraction of sp³-hybridized carbons (Fsp3) is 0.615. The number of nitrogens with one attached hydrogen (secondary N) is 2. The normalized spacial score (nSPS) is 26.1. The number of ether oxygens (including phenoxy) is 1. The fourth-order valence-corrected chi connectivity index (χ4v) is 5.67. The minimum absolute atomic E-state index is 0.0783. The zero-order valence-corrected chi connectivity index (χ0v) is 19.6. The lowest BCUT2D eigenvalue weighted by molar-refractivity contribution is -0.128. The molecule has 4 atom stereocenters. The van der Waals surface area contributed by atoms with Gasteiger partial charge < -0.3 is 20.2 Å². The van der Waals surface area contributed by atoms with E-state index in [1.807, 2.05) is 30.3 Å². The van der Waals surface area contributed by atoms with E-state index in [2.05, 4.69) is 10.6 Å². The van der Waals surface area contributed by atoms with Gasteiger partial charge in [0.2, 0.25) is 11.8 Å². The summed E-state index contributed by atoms with van der Waals surface area (Å²) in [4.78, 5) is 51.4. The van der Waals surface area contributed by atoms with Crippen molar-refractivity contribution in [3.8, 4) is 0 Å². The number of nitrogens with zero attached hydrogens (tertiary/aromatic N) is 1. The van der Waals surface area contributed by atoms with Crippen molar-refractivity contribution >= 4 is 24.2 Å². The van der Waals surface area contributed by atoms with E-state index < -0.39 is 18.2 Å². The Balaban J connectivity index is 1.42. The summed E-state index contributed by atoms with van der Waals surface area (Å²) in [6, 6.07) is 8.03. The van der Waals surface area contributed by atoms with Crippen LogP contribution in [0, 0.1) is 17.8 Å². The van der Waals surface area contributed by atoms with Crippen LogP contribution in [-0.2, 0) is 25.7 Å². The molecular weight excluding hydrogens is 434 g/mol. The van der Waals surface area contributed by atoms with E-state index in [0.29, 0.717) is 38.1 Å². The van der Waals surface area contributed by atoms with Crippen LogP contribution >= 0.6 is 0 Å². The molecule has 4 rings (SSSR count). The average molecular weight is 470 g/mol. The first-order chi connectivity index (χ1) is 16.5. The highest BCUT2D eigenvalue weighted by molar-refractivity contribution is 5.88. The summed E-state index contributed by atoms with van der Waals surface area (Å²) in [5, 5.41) is 5.56. The largest absolute Gasteiger partial charge is 0.445 e. The van der Waals surface area contributed by atoms with Crippen molar-refractivity contribution in [2.75, 3.05) is 13.1 Å². The van der Waals surface area contributed by atoms with Gasteiger partial charge in [-0.3, -0.25) is 14.5 Å². The number of aldehydes is 1. The first-order valence-electron chi connectivity index (χ1n) is 12.6. The summed E-state index contributed by atoms with van der Waals surface area (Å²) >= 11 is 0. The molecule has 3 fully saturated rings. The highest BCUT2D eigenvalue weighted by atomic mass is 16.6. The second kappa shape index (κ2) is 11.5. The Bertz CT molecular complexity index is 870. The fourth-order valence-electron chi connectivity index (χ4n) is 5.67. The van der Waals surface area contributed by atoms with Gasteiger partial charge in [0, 0.05) is 19.0 Å². The molecule has 8 heteroatoms. The third-order valence-corrected chi connectivity index (χ3v) is 7.59. The number of carbonyl (C=O) groups is 4. The molecule has 3 amide bonds. The maximum absolute atomic E-state index is 13.3. The number of benzene rings is 1.